The molecule has 4 rings (SSSR count). The molecule has 0 spiro atoms. The third-order valence-electron chi connectivity index (χ3n) is 15.4. The molecule has 3 N–H and O–H groups in total. The summed E-state index contributed by atoms with van der Waals surface area (Å²) in [7, 11) is 4.73. The minimum atomic E-state index is -2.41. The van der Waals surface area contributed by atoms with Gasteiger partial charge >= 0.3 is 5.97 Å². The summed E-state index contributed by atoms with van der Waals surface area (Å²) in [4.78, 5) is 50.2. The highest BCUT2D eigenvalue weighted by atomic mass is 16.6. The molecular formula is C56H88N2O13. The first-order valence-corrected chi connectivity index (χ1v) is 26.2. The summed E-state index contributed by atoms with van der Waals surface area (Å²) in [6, 6.07) is -1.07. The number of aliphatic hydroxyl groups is 3. The lowest BCUT2D eigenvalue weighted by Gasteiger charge is -2.43. The number of nitrogens with zero attached hydrogens (tertiary/aromatic N) is 2. The highest BCUT2D eigenvalue weighted by Gasteiger charge is 2.53. The van der Waals surface area contributed by atoms with Gasteiger partial charge in [0.1, 0.15) is 24.4 Å². The van der Waals surface area contributed by atoms with Crippen LogP contribution in [0.25, 0.3) is 0 Å². The molecular weight excluding hydrogens is 909 g/mol. The summed E-state index contributed by atoms with van der Waals surface area (Å²) in [5, 5.41) is 39.1. The number of terminal acetylenes is 1. The largest absolute Gasteiger partial charge is 0.460 e. The van der Waals surface area contributed by atoms with Crippen LogP contribution in [0.1, 0.15) is 132 Å². The third kappa shape index (κ3) is 16.6. The van der Waals surface area contributed by atoms with E-state index >= 15 is 0 Å². The molecule has 0 aromatic heterocycles. The van der Waals surface area contributed by atoms with Gasteiger partial charge < -0.3 is 53.5 Å². The zero-order valence-electron chi connectivity index (χ0n) is 44.6. The minimum absolute atomic E-state index is 0.0517. The molecule has 15 nitrogen and oxygen atoms in total. The molecule has 1 amide bonds. The van der Waals surface area contributed by atoms with Crippen molar-refractivity contribution in [2.75, 3.05) is 41.1 Å². The van der Waals surface area contributed by atoms with Crippen molar-refractivity contribution in [3.05, 3.63) is 47.6 Å². The summed E-state index contributed by atoms with van der Waals surface area (Å²) in [5.41, 5.74) is 2.03. The van der Waals surface area contributed by atoms with Crippen molar-refractivity contribution < 1.29 is 63.0 Å². The number of cyclic esters (lactones) is 1. The first-order valence-electron chi connectivity index (χ1n) is 26.2. The number of rotatable bonds is 10. The van der Waals surface area contributed by atoms with E-state index in [0.29, 0.717) is 75.7 Å². The lowest BCUT2D eigenvalue weighted by atomic mass is 9.78. The summed E-state index contributed by atoms with van der Waals surface area (Å²) in [6.45, 7) is 16.0. The third-order valence-corrected chi connectivity index (χ3v) is 15.4. The van der Waals surface area contributed by atoms with Crippen molar-refractivity contribution in [1.29, 1.82) is 0 Å². The number of ketones is 1. The molecule has 1 saturated carbocycles. The first-order chi connectivity index (χ1) is 33.8. The number of hydrogen-bond donors (Lipinski definition) is 3. The molecule has 3 fully saturated rings. The normalized spacial score (nSPS) is 39.4. The average molecular weight is 997 g/mol. The van der Waals surface area contributed by atoms with Gasteiger partial charge in [-0.15, -0.1) is 6.42 Å². The molecule has 3 aliphatic heterocycles. The van der Waals surface area contributed by atoms with Crippen LogP contribution in [0.5, 0.6) is 0 Å². The van der Waals surface area contributed by atoms with Crippen LogP contribution >= 0.6 is 0 Å². The van der Waals surface area contributed by atoms with Crippen molar-refractivity contribution in [1.82, 2.24) is 4.90 Å². The molecule has 0 aromatic carbocycles. The van der Waals surface area contributed by atoms with Gasteiger partial charge in [-0.2, -0.15) is 0 Å². The number of oxime groups is 1. The maximum absolute atomic E-state index is 14.7. The number of hydrogen-bond acceptors (Lipinski definition) is 14. The minimum Gasteiger partial charge on any atom is -0.460 e. The number of piperidine rings is 1. The van der Waals surface area contributed by atoms with E-state index < -0.39 is 78.1 Å². The van der Waals surface area contributed by atoms with Crippen LogP contribution in [0, 0.1) is 47.9 Å². The Balaban J connectivity index is 1.79. The Bertz CT molecular complexity index is 1910. The van der Waals surface area contributed by atoms with Crippen molar-refractivity contribution >= 4 is 23.4 Å². The Morgan fingerprint density at radius 1 is 0.901 bits per heavy atom. The standard InChI is InChI=1S/C56H88N2O13/c1-13-28-69-57-50-39(7)29-35(3)20-16-15-17-21-36(4)46(65-10)33-43-25-23-41(9)56(64,71-43)53(61)54(62)58-27-19-18-22-44(58)55(63)70-48(38(6)31-42-24-26-45(59)49(32-42)66-11)34-47(68-14-2)37(5)30-40(8)51(60)52(50)67-12/h1,15-17,20-21,30,35,37-39,41-49,51-52,59-60,64H,14,18-19,22-29,31-34H2,2-12H3/b17-15+,20-16+,36-21+,40-30+,57-50-/t35-,37-,38-,39-,41-,42+,43+,44+,45-,46?,47-,48+,49-,51-,52+,56-/m1/s1. The Hall–Kier alpha value is -3.72. The highest BCUT2D eigenvalue weighted by molar-refractivity contribution is 6.39. The van der Waals surface area contributed by atoms with Crippen LogP contribution in [0.4, 0.5) is 0 Å². The van der Waals surface area contributed by atoms with Crippen LogP contribution in [0.3, 0.4) is 0 Å². The molecule has 15 heteroatoms. The van der Waals surface area contributed by atoms with Gasteiger partial charge in [0.2, 0.25) is 5.79 Å². The predicted octanol–water partition coefficient (Wildman–Crippen LogP) is 7.45. The second-order valence-corrected chi connectivity index (χ2v) is 20.8. The second-order valence-electron chi connectivity index (χ2n) is 20.8. The summed E-state index contributed by atoms with van der Waals surface area (Å²) < 4.78 is 36.7. The second kappa shape index (κ2) is 29.2. The monoisotopic (exact) mass is 997 g/mol. The number of aliphatic hydroxyl groups excluding tert-OH is 2. The van der Waals surface area contributed by atoms with Gasteiger partial charge in [0, 0.05) is 65.1 Å². The number of amides is 1. The Kier molecular flexibility index (Phi) is 24.6. The molecule has 16 atom stereocenters. The van der Waals surface area contributed by atoms with Gasteiger partial charge in [-0.05, 0) is 114 Å². The zero-order valence-corrected chi connectivity index (χ0v) is 44.6. The lowest BCUT2D eigenvalue weighted by molar-refractivity contribution is -0.265. The smallest absolute Gasteiger partial charge is 0.329 e. The number of carbonyl (C=O) groups excluding carboxylic acids is 3. The summed E-state index contributed by atoms with van der Waals surface area (Å²) >= 11 is 0. The molecule has 1 aliphatic carbocycles. The fourth-order valence-corrected chi connectivity index (χ4v) is 11.0. The average Bonchev–Trinajstić information content (AvgIpc) is 3.35. The fraction of sp³-hybridized carbons (Fsp3) is 0.750. The number of methoxy groups -OCH3 is 3. The van der Waals surface area contributed by atoms with Crippen LogP contribution in [-0.2, 0) is 47.6 Å². The molecule has 0 aromatic rings. The molecule has 2 saturated heterocycles. The Labute approximate surface area is 424 Å². The molecule has 400 valence electrons. The van der Waals surface area contributed by atoms with Crippen molar-refractivity contribution in [2.24, 2.45) is 40.7 Å². The SMILES string of the molecule is C#CCO/N=C1/[C@H](C)C[C@H](C)/C=C/C=C/C=C(\C)C(OC)C[C@@H]2CC[C@@H](C)[C@@](O)(O2)C(=O)C(=O)N2CCCC[C@H]2C(=O)O[C@H]([C@H](C)C[C@@H]2CC[C@@H](O)[C@H](OC)C2)C[C@@H](OCC)[C@H](C)/C=C(\C)[C@@H](O)[C@H]1OC. The number of Topliss-reactive ketones (excluding diaryl/α,β-unsaturated/α-hetero) is 1. The van der Waals surface area contributed by atoms with Crippen LogP contribution in [-0.4, -0.2) is 145 Å². The van der Waals surface area contributed by atoms with Gasteiger partial charge in [-0.1, -0.05) is 82.2 Å². The van der Waals surface area contributed by atoms with E-state index in [1.54, 1.807) is 21.1 Å². The van der Waals surface area contributed by atoms with E-state index in [2.05, 4.69) is 24.1 Å². The van der Waals surface area contributed by atoms with E-state index in [9.17, 15) is 29.7 Å². The molecule has 2 bridgehead atoms. The maximum Gasteiger partial charge on any atom is 0.329 e. The van der Waals surface area contributed by atoms with Crippen molar-refractivity contribution in [2.45, 2.75) is 193 Å². The quantitative estimate of drug-likeness (QED) is 0.0489. The van der Waals surface area contributed by atoms with Crippen LogP contribution in [0.2, 0.25) is 0 Å². The van der Waals surface area contributed by atoms with E-state index in [1.165, 1.54) is 12.0 Å². The van der Waals surface area contributed by atoms with Gasteiger partial charge in [-0.25, -0.2) is 4.79 Å². The topological polar surface area (TPSA) is 192 Å². The van der Waals surface area contributed by atoms with Gasteiger partial charge in [0.15, 0.2) is 6.61 Å². The molecule has 71 heavy (non-hydrogen) atoms. The van der Waals surface area contributed by atoms with Gasteiger partial charge in [0.05, 0.1) is 36.2 Å². The number of allylic oxidation sites excluding steroid dienone is 5. The van der Waals surface area contributed by atoms with E-state index in [4.69, 9.17) is 39.7 Å². The summed E-state index contributed by atoms with van der Waals surface area (Å²) in [5.74, 6) is -3.75. The maximum atomic E-state index is 14.7. The fourth-order valence-electron chi connectivity index (χ4n) is 11.0. The number of ether oxygens (including phenoxy) is 6. The number of carbonyl (C=O) groups is 3. The van der Waals surface area contributed by atoms with Crippen molar-refractivity contribution in [3.8, 4) is 12.3 Å². The van der Waals surface area contributed by atoms with Crippen LogP contribution in [0.15, 0.2) is 52.8 Å². The molecule has 4 aliphatic rings. The number of fused-ring (bicyclic) bond motifs is 3. The van der Waals surface area contributed by atoms with E-state index in [0.717, 1.165) is 12.0 Å². The Morgan fingerprint density at radius 3 is 2.32 bits per heavy atom. The first kappa shape index (κ1) is 59.8. The molecule has 3 heterocycles. The molecule has 0 radical (unpaired) electrons. The lowest BCUT2D eigenvalue weighted by Crippen LogP contribution is -2.61. The Morgan fingerprint density at radius 2 is 1.65 bits per heavy atom. The van der Waals surface area contributed by atoms with Crippen molar-refractivity contribution in [3.63, 3.8) is 0 Å². The van der Waals surface area contributed by atoms with E-state index in [-0.39, 0.29) is 61.7 Å². The zero-order chi connectivity index (χ0) is 52.4. The predicted molar refractivity (Wildman–Crippen MR) is 273 cm³/mol. The molecule has 1 unspecified atom stereocenters. The highest BCUT2D eigenvalue weighted by Crippen LogP contribution is 2.38. The van der Waals surface area contributed by atoms with Gasteiger partial charge in [-0.3, -0.25) is 9.59 Å². The number of esters is 1. The van der Waals surface area contributed by atoms with Crippen LogP contribution < -0.4 is 0 Å². The summed E-state index contributed by atoms with van der Waals surface area (Å²) in [6.07, 6.45) is 18.7. The van der Waals surface area contributed by atoms with E-state index in [1.807, 2.05) is 71.9 Å². The van der Waals surface area contributed by atoms with Gasteiger partial charge in [0.25, 0.3) is 11.7 Å².